The van der Waals surface area contributed by atoms with Gasteiger partial charge in [0.2, 0.25) is 0 Å². The van der Waals surface area contributed by atoms with Crippen molar-refractivity contribution < 1.29 is 19.1 Å². The molecule has 2 atom stereocenters. The van der Waals surface area contributed by atoms with E-state index in [1.807, 2.05) is 24.8 Å². The van der Waals surface area contributed by atoms with Crippen LogP contribution in [0.5, 0.6) is 0 Å². The Labute approximate surface area is 144 Å². The van der Waals surface area contributed by atoms with Crippen LogP contribution >= 0.6 is 11.8 Å². The monoisotopic (exact) mass is 342 g/mol. The third-order valence-corrected chi connectivity index (χ3v) is 6.52. The minimum absolute atomic E-state index is 0.130. The summed E-state index contributed by atoms with van der Waals surface area (Å²) < 4.78 is 5.00. The van der Waals surface area contributed by atoms with Crippen LogP contribution < -0.4 is 0 Å². The molecule has 0 N–H and O–H groups in total. The lowest BCUT2D eigenvalue weighted by Crippen LogP contribution is -2.43. The van der Waals surface area contributed by atoms with Gasteiger partial charge in [-0.3, -0.25) is 14.4 Å². The van der Waals surface area contributed by atoms with Gasteiger partial charge in [-0.05, 0) is 60.6 Å². The minimum atomic E-state index is -1.36. The first-order valence-electron chi connectivity index (χ1n) is 8.09. The molecule has 1 aromatic rings. The van der Waals surface area contributed by atoms with Gasteiger partial charge >= 0.3 is 5.97 Å². The predicted molar refractivity (Wildman–Crippen MR) is 90.3 cm³/mol. The molecule has 24 heavy (non-hydrogen) atoms. The molecule has 0 bridgehead atoms. The van der Waals surface area contributed by atoms with E-state index >= 15 is 0 Å². The number of hydrogen-bond acceptors (Lipinski definition) is 5. The molecule has 0 saturated heterocycles. The van der Waals surface area contributed by atoms with E-state index in [4.69, 9.17) is 4.74 Å². The third kappa shape index (κ3) is 2.04. The van der Waals surface area contributed by atoms with Gasteiger partial charge in [-0.15, -0.1) is 11.8 Å². The first-order chi connectivity index (χ1) is 11.3. The van der Waals surface area contributed by atoms with Gasteiger partial charge in [-0.25, -0.2) is 0 Å². The van der Waals surface area contributed by atoms with Gasteiger partial charge < -0.3 is 4.74 Å². The van der Waals surface area contributed by atoms with Crippen LogP contribution in [-0.2, 0) is 26.2 Å². The number of ketones is 2. The number of thioether (sulfide) groups is 1. The number of Topliss-reactive ketones (excluding diaryl/α,β-unsaturated/α-hetero) is 1. The summed E-state index contributed by atoms with van der Waals surface area (Å²) in [7, 11) is 0. The highest BCUT2D eigenvalue weighted by Gasteiger charge is 2.47. The molecule has 4 nitrogen and oxygen atoms in total. The van der Waals surface area contributed by atoms with Crippen LogP contribution in [0, 0.1) is 12.8 Å². The van der Waals surface area contributed by atoms with Crippen molar-refractivity contribution in [3.8, 4) is 0 Å². The van der Waals surface area contributed by atoms with E-state index in [1.165, 1.54) is 23.5 Å². The molecule has 0 radical (unpaired) electrons. The summed E-state index contributed by atoms with van der Waals surface area (Å²) in [6.07, 6.45) is 3.17. The Morgan fingerprint density at radius 3 is 2.79 bits per heavy atom. The van der Waals surface area contributed by atoms with E-state index in [1.54, 1.807) is 0 Å². The summed E-state index contributed by atoms with van der Waals surface area (Å²) in [4.78, 5) is 38.5. The van der Waals surface area contributed by atoms with E-state index in [-0.39, 0.29) is 11.2 Å². The molecule has 0 spiro atoms. The largest absolute Gasteiger partial charge is 0.430 e. The number of hydrogen-bond donors (Lipinski definition) is 0. The number of rotatable bonds is 2. The lowest BCUT2D eigenvalue weighted by molar-refractivity contribution is -0.146. The molecule has 5 heteroatoms. The van der Waals surface area contributed by atoms with Crippen LogP contribution in [0.15, 0.2) is 22.8 Å². The molecule has 0 amide bonds. The van der Waals surface area contributed by atoms with Crippen LogP contribution in [0.25, 0.3) is 0 Å². The summed E-state index contributed by atoms with van der Waals surface area (Å²) >= 11 is 1.84. The number of carbonyl (C=O) groups is 3. The van der Waals surface area contributed by atoms with Crippen molar-refractivity contribution in [3.63, 3.8) is 0 Å². The predicted octanol–water partition coefficient (Wildman–Crippen LogP) is 3.13. The molecule has 2 heterocycles. The summed E-state index contributed by atoms with van der Waals surface area (Å²) in [5, 5.41) is 0. The molecule has 3 aliphatic rings. The van der Waals surface area contributed by atoms with Crippen LogP contribution in [-0.4, -0.2) is 23.3 Å². The van der Waals surface area contributed by atoms with Gasteiger partial charge in [0, 0.05) is 16.5 Å². The Morgan fingerprint density at radius 2 is 2.08 bits per heavy atom. The van der Waals surface area contributed by atoms with Crippen molar-refractivity contribution in [2.24, 2.45) is 5.92 Å². The zero-order chi connectivity index (χ0) is 17.2. The van der Waals surface area contributed by atoms with E-state index in [9.17, 15) is 14.4 Å². The quantitative estimate of drug-likeness (QED) is 0.469. The lowest BCUT2D eigenvalue weighted by Gasteiger charge is -2.47. The maximum atomic E-state index is 13.0. The van der Waals surface area contributed by atoms with Crippen molar-refractivity contribution in [3.05, 3.63) is 40.2 Å². The Bertz CT molecular complexity index is 851. The average molecular weight is 342 g/mol. The van der Waals surface area contributed by atoms with Gasteiger partial charge in [0.05, 0.1) is 0 Å². The lowest BCUT2D eigenvalue weighted by atomic mass is 9.61. The first kappa shape index (κ1) is 15.6. The molecule has 0 aromatic heterocycles. The van der Waals surface area contributed by atoms with Crippen molar-refractivity contribution in [1.29, 1.82) is 0 Å². The summed E-state index contributed by atoms with van der Waals surface area (Å²) in [6.45, 7) is 5.77. The van der Waals surface area contributed by atoms with Gasteiger partial charge in [0.15, 0.2) is 17.5 Å². The van der Waals surface area contributed by atoms with Crippen LogP contribution in [0.1, 0.15) is 47.3 Å². The SMILES string of the molecule is CC1=CC(=O)C(C(=O)c2cc(C)c3c4c2CC4(C)CCS3)C(=O)O1. The highest BCUT2D eigenvalue weighted by molar-refractivity contribution is 7.99. The third-order valence-electron chi connectivity index (χ3n) is 5.30. The van der Waals surface area contributed by atoms with E-state index in [0.29, 0.717) is 5.56 Å². The smallest absolute Gasteiger partial charge is 0.329 e. The van der Waals surface area contributed by atoms with Crippen LogP contribution in [0.2, 0.25) is 0 Å². The molecule has 124 valence electrons. The maximum absolute atomic E-state index is 13.0. The van der Waals surface area contributed by atoms with Crippen molar-refractivity contribution in [2.45, 2.75) is 43.9 Å². The van der Waals surface area contributed by atoms with Gasteiger partial charge in [0.25, 0.3) is 0 Å². The average Bonchev–Trinajstić information content (AvgIpc) is 2.47. The van der Waals surface area contributed by atoms with Crippen molar-refractivity contribution in [2.75, 3.05) is 5.75 Å². The van der Waals surface area contributed by atoms with Crippen LogP contribution in [0.3, 0.4) is 0 Å². The summed E-state index contributed by atoms with van der Waals surface area (Å²) in [6, 6.07) is 1.85. The normalized spacial score (nSPS) is 27.8. The van der Waals surface area contributed by atoms with E-state index < -0.39 is 23.5 Å². The number of cyclic esters (lactones) is 1. The molecule has 4 rings (SSSR count). The highest BCUT2D eigenvalue weighted by atomic mass is 32.2. The Morgan fingerprint density at radius 1 is 1.33 bits per heavy atom. The molecular formula is C19H18O4S. The molecule has 1 aliphatic carbocycles. The number of benzene rings is 1. The second-order valence-electron chi connectivity index (χ2n) is 7.14. The number of esters is 1. The molecule has 2 aliphatic heterocycles. The van der Waals surface area contributed by atoms with Gasteiger partial charge in [0.1, 0.15) is 5.76 Å². The van der Waals surface area contributed by atoms with Crippen molar-refractivity contribution >= 4 is 29.3 Å². The fourth-order valence-corrected chi connectivity index (χ4v) is 5.63. The number of allylic oxidation sites excluding steroid dienone is 2. The second kappa shape index (κ2) is 5.06. The van der Waals surface area contributed by atoms with Gasteiger partial charge in [-0.2, -0.15) is 0 Å². The topological polar surface area (TPSA) is 60.4 Å². The fourth-order valence-electron chi connectivity index (χ4n) is 4.07. The molecule has 0 fully saturated rings. The number of ether oxygens (including phenoxy) is 1. The highest BCUT2D eigenvalue weighted by Crippen LogP contribution is 2.54. The molecule has 2 unspecified atom stereocenters. The van der Waals surface area contributed by atoms with Crippen molar-refractivity contribution in [1.82, 2.24) is 0 Å². The number of aryl methyl sites for hydroxylation is 1. The number of carbonyl (C=O) groups excluding carboxylic acids is 3. The zero-order valence-corrected chi connectivity index (χ0v) is 14.7. The Balaban J connectivity index is 1.81. The maximum Gasteiger partial charge on any atom is 0.329 e. The zero-order valence-electron chi connectivity index (χ0n) is 13.9. The Kier molecular flexibility index (Phi) is 3.29. The van der Waals surface area contributed by atoms with E-state index in [2.05, 4.69) is 6.92 Å². The molecule has 1 aromatic carbocycles. The standard InChI is InChI=1S/C19H18O4S/c1-9-6-11(12-8-19(3)4-5-24-17(9)15(12)19)16(21)14-13(20)7-10(2)23-18(14)22/h6-7,14H,4-5,8H2,1-3H3. The van der Waals surface area contributed by atoms with E-state index in [0.717, 1.165) is 29.7 Å². The second-order valence-corrected chi connectivity index (χ2v) is 8.24. The minimum Gasteiger partial charge on any atom is -0.430 e. The Hall–Kier alpha value is -1.88. The van der Waals surface area contributed by atoms with Gasteiger partial charge in [-0.1, -0.05) is 6.92 Å². The molecular weight excluding hydrogens is 324 g/mol. The summed E-state index contributed by atoms with van der Waals surface area (Å²) in [5.74, 6) is -1.68. The van der Waals surface area contributed by atoms with Crippen LogP contribution in [0.4, 0.5) is 0 Å². The molecule has 0 saturated carbocycles. The summed E-state index contributed by atoms with van der Waals surface area (Å²) in [5.41, 5.74) is 3.98. The first-order valence-corrected chi connectivity index (χ1v) is 9.08. The fraction of sp³-hybridized carbons (Fsp3) is 0.421.